The summed E-state index contributed by atoms with van der Waals surface area (Å²) in [5.41, 5.74) is 3.68. The zero-order valence-corrected chi connectivity index (χ0v) is 16.3. The standard InChI is InChI=1S/C20H24N2O4S/c1-3-16-7-9-18(10-8-16)22-13-19(26-20(22)23)12-21-27(24,25)14-17-6-4-5-15(2)11-17/h4-11,19,21H,3,12-14H2,1-2H3. The van der Waals surface area contributed by atoms with Crippen LogP contribution in [-0.2, 0) is 26.9 Å². The predicted octanol–water partition coefficient (Wildman–Crippen LogP) is 3.00. The number of nitrogens with one attached hydrogen (secondary N) is 1. The number of rotatable bonds is 7. The molecule has 2 aromatic rings. The highest BCUT2D eigenvalue weighted by Crippen LogP contribution is 2.22. The quantitative estimate of drug-likeness (QED) is 0.791. The Hall–Kier alpha value is -2.38. The van der Waals surface area contributed by atoms with Gasteiger partial charge >= 0.3 is 6.09 Å². The topological polar surface area (TPSA) is 75.7 Å². The Labute approximate surface area is 160 Å². The second kappa shape index (κ2) is 8.10. The molecule has 0 radical (unpaired) electrons. The third-order valence-corrected chi connectivity index (χ3v) is 5.82. The van der Waals surface area contributed by atoms with Gasteiger partial charge in [-0.25, -0.2) is 17.9 Å². The lowest BCUT2D eigenvalue weighted by Crippen LogP contribution is -2.35. The molecule has 1 saturated heterocycles. The lowest BCUT2D eigenvalue weighted by molar-refractivity contribution is 0.143. The zero-order valence-electron chi connectivity index (χ0n) is 15.5. The molecule has 0 aromatic heterocycles. The van der Waals surface area contributed by atoms with Gasteiger partial charge in [0.15, 0.2) is 0 Å². The number of nitrogens with zero attached hydrogens (tertiary/aromatic N) is 1. The number of hydrogen-bond acceptors (Lipinski definition) is 4. The van der Waals surface area contributed by atoms with Gasteiger partial charge in [-0.3, -0.25) is 4.90 Å². The lowest BCUT2D eigenvalue weighted by Gasteiger charge is -2.13. The van der Waals surface area contributed by atoms with Gasteiger partial charge in [0.2, 0.25) is 10.0 Å². The van der Waals surface area contributed by atoms with Crippen molar-refractivity contribution in [3.8, 4) is 0 Å². The maximum absolute atomic E-state index is 12.3. The number of hydrogen-bond donors (Lipinski definition) is 1. The molecule has 1 aliphatic rings. The molecule has 1 N–H and O–H groups in total. The summed E-state index contributed by atoms with van der Waals surface area (Å²) >= 11 is 0. The summed E-state index contributed by atoms with van der Waals surface area (Å²) in [5.74, 6) is -0.0997. The summed E-state index contributed by atoms with van der Waals surface area (Å²) in [5, 5.41) is 0. The minimum absolute atomic E-state index is 0.0590. The van der Waals surface area contributed by atoms with E-state index in [1.54, 1.807) is 6.07 Å². The molecule has 0 bridgehead atoms. The minimum Gasteiger partial charge on any atom is -0.443 e. The Morgan fingerprint density at radius 1 is 1.15 bits per heavy atom. The molecule has 1 unspecified atom stereocenters. The number of ether oxygens (including phenoxy) is 1. The first kappa shape index (κ1) is 19.4. The molecule has 144 valence electrons. The summed E-state index contributed by atoms with van der Waals surface area (Å²) < 4.78 is 32.5. The number of amides is 1. The Kier molecular flexibility index (Phi) is 5.82. The summed E-state index contributed by atoms with van der Waals surface area (Å²) in [6.45, 7) is 4.36. The highest BCUT2D eigenvalue weighted by molar-refractivity contribution is 7.88. The van der Waals surface area contributed by atoms with Crippen LogP contribution >= 0.6 is 0 Å². The Morgan fingerprint density at radius 3 is 2.56 bits per heavy atom. The molecule has 0 saturated carbocycles. The van der Waals surface area contributed by atoms with Crippen LogP contribution in [0.25, 0.3) is 0 Å². The van der Waals surface area contributed by atoms with Gasteiger partial charge in [-0.2, -0.15) is 0 Å². The van der Waals surface area contributed by atoms with Gasteiger partial charge in [0.1, 0.15) is 6.10 Å². The number of benzene rings is 2. The second-order valence-electron chi connectivity index (χ2n) is 6.73. The molecule has 27 heavy (non-hydrogen) atoms. The molecule has 6 nitrogen and oxygen atoms in total. The molecule has 0 aliphatic carbocycles. The van der Waals surface area contributed by atoms with Crippen LogP contribution in [0.1, 0.15) is 23.6 Å². The smallest absolute Gasteiger partial charge is 0.414 e. The van der Waals surface area contributed by atoms with E-state index in [0.717, 1.165) is 23.2 Å². The fraction of sp³-hybridized carbons (Fsp3) is 0.350. The lowest BCUT2D eigenvalue weighted by atomic mass is 10.1. The first-order valence-corrected chi connectivity index (χ1v) is 10.6. The van der Waals surface area contributed by atoms with E-state index in [4.69, 9.17) is 4.74 Å². The molecule has 1 atom stereocenters. The first-order chi connectivity index (χ1) is 12.9. The number of anilines is 1. The summed E-state index contributed by atoms with van der Waals surface area (Å²) in [7, 11) is -3.51. The fourth-order valence-electron chi connectivity index (χ4n) is 3.04. The molecule has 1 aliphatic heterocycles. The third-order valence-electron chi connectivity index (χ3n) is 4.50. The van der Waals surface area contributed by atoms with Gasteiger partial charge in [0, 0.05) is 12.2 Å². The van der Waals surface area contributed by atoms with Gasteiger partial charge in [-0.05, 0) is 36.6 Å². The van der Waals surface area contributed by atoms with Crippen LogP contribution in [0.3, 0.4) is 0 Å². The van der Waals surface area contributed by atoms with Crippen molar-refractivity contribution in [1.82, 2.24) is 4.72 Å². The van der Waals surface area contributed by atoms with Gasteiger partial charge in [-0.15, -0.1) is 0 Å². The fourth-order valence-corrected chi connectivity index (χ4v) is 4.20. The number of aryl methyl sites for hydroxylation is 2. The van der Waals surface area contributed by atoms with Crippen molar-refractivity contribution in [3.05, 3.63) is 65.2 Å². The van der Waals surface area contributed by atoms with E-state index in [9.17, 15) is 13.2 Å². The van der Waals surface area contributed by atoms with Crippen LogP contribution in [0, 0.1) is 6.92 Å². The van der Waals surface area contributed by atoms with E-state index in [1.807, 2.05) is 49.4 Å². The summed E-state index contributed by atoms with van der Waals surface area (Å²) in [6.07, 6.45) is -0.0476. The zero-order chi connectivity index (χ0) is 19.4. The maximum atomic E-state index is 12.3. The van der Waals surface area contributed by atoms with E-state index in [-0.39, 0.29) is 12.3 Å². The largest absolute Gasteiger partial charge is 0.443 e. The highest BCUT2D eigenvalue weighted by atomic mass is 32.2. The average molecular weight is 388 g/mol. The van der Waals surface area contributed by atoms with Gasteiger partial charge in [-0.1, -0.05) is 48.9 Å². The molecule has 3 rings (SSSR count). The van der Waals surface area contributed by atoms with Crippen molar-refractivity contribution in [2.24, 2.45) is 0 Å². The van der Waals surface area contributed by atoms with Crippen LogP contribution in [0.2, 0.25) is 0 Å². The number of cyclic esters (lactones) is 1. The molecule has 1 amide bonds. The van der Waals surface area contributed by atoms with E-state index >= 15 is 0 Å². The Balaban J connectivity index is 1.57. The van der Waals surface area contributed by atoms with Crippen LogP contribution in [0.5, 0.6) is 0 Å². The number of carbonyl (C=O) groups is 1. The van der Waals surface area contributed by atoms with E-state index < -0.39 is 22.2 Å². The Morgan fingerprint density at radius 2 is 1.89 bits per heavy atom. The van der Waals surface area contributed by atoms with Crippen molar-refractivity contribution in [2.75, 3.05) is 18.0 Å². The Bertz CT molecular complexity index is 910. The number of sulfonamides is 1. The van der Waals surface area contributed by atoms with Crippen LogP contribution < -0.4 is 9.62 Å². The van der Waals surface area contributed by atoms with Gasteiger partial charge < -0.3 is 4.74 Å². The van der Waals surface area contributed by atoms with E-state index in [0.29, 0.717) is 6.54 Å². The predicted molar refractivity (Wildman–Crippen MR) is 105 cm³/mol. The van der Waals surface area contributed by atoms with E-state index in [2.05, 4.69) is 11.6 Å². The van der Waals surface area contributed by atoms with Gasteiger partial charge in [0.05, 0.1) is 12.3 Å². The van der Waals surface area contributed by atoms with Crippen molar-refractivity contribution >= 4 is 21.8 Å². The molecular formula is C20H24N2O4S. The van der Waals surface area contributed by atoms with Crippen molar-refractivity contribution < 1.29 is 17.9 Å². The summed E-state index contributed by atoms with van der Waals surface area (Å²) in [4.78, 5) is 13.6. The van der Waals surface area contributed by atoms with Crippen LogP contribution in [0.15, 0.2) is 48.5 Å². The normalized spacial score (nSPS) is 17.2. The molecule has 0 spiro atoms. The first-order valence-electron chi connectivity index (χ1n) is 8.96. The van der Waals surface area contributed by atoms with Gasteiger partial charge in [0.25, 0.3) is 0 Å². The molecule has 1 heterocycles. The SMILES string of the molecule is CCc1ccc(N2CC(CNS(=O)(=O)Cc3cccc(C)c3)OC2=O)cc1. The molecule has 7 heteroatoms. The highest BCUT2D eigenvalue weighted by Gasteiger charge is 2.33. The molecular weight excluding hydrogens is 364 g/mol. The van der Waals surface area contributed by atoms with Crippen LogP contribution in [0.4, 0.5) is 10.5 Å². The minimum atomic E-state index is -3.51. The maximum Gasteiger partial charge on any atom is 0.414 e. The monoisotopic (exact) mass is 388 g/mol. The molecule has 2 aromatic carbocycles. The van der Waals surface area contributed by atoms with E-state index in [1.165, 1.54) is 10.5 Å². The van der Waals surface area contributed by atoms with Crippen molar-refractivity contribution in [1.29, 1.82) is 0 Å². The summed E-state index contributed by atoms with van der Waals surface area (Å²) in [6, 6.07) is 15.1. The second-order valence-corrected chi connectivity index (χ2v) is 8.54. The average Bonchev–Trinajstić information content (AvgIpc) is 3.01. The van der Waals surface area contributed by atoms with Crippen molar-refractivity contribution in [3.63, 3.8) is 0 Å². The molecule has 1 fully saturated rings. The van der Waals surface area contributed by atoms with Crippen LogP contribution in [-0.4, -0.2) is 33.7 Å². The third kappa shape index (κ3) is 5.08. The van der Waals surface area contributed by atoms with Crippen molar-refractivity contribution in [2.45, 2.75) is 32.1 Å². The number of carbonyl (C=O) groups excluding carboxylic acids is 1.